The van der Waals surface area contributed by atoms with E-state index < -0.39 is 17.6 Å². The lowest BCUT2D eigenvalue weighted by molar-refractivity contribution is -0.137. The molecule has 0 radical (unpaired) electrons. The first kappa shape index (κ1) is 14.9. The van der Waals surface area contributed by atoms with E-state index in [4.69, 9.17) is 10.4 Å². The van der Waals surface area contributed by atoms with Crippen molar-refractivity contribution in [3.05, 3.63) is 59.7 Å². The van der Waals surface area contributed by atoms with Gasteiger partial charge in [-0.15, -0.1) is 0 Å². The Balaban J connectivity index is 2.64. The second-order valence-corrected chi connectivity index (χ2v) is 4.22. The lowest BCUT2D eigenvalue weighted by Gasteiger charge is -2.12. The van der Waals surface area contributed by atoms with Crippen LogP contribution in [0.4, 0.5) is 13.2 Å². The Bertz CT molecular complexity index is 655. The van der Waals surface area contributed by atoms with Gasteiger partial charge in [0.1, 0.15) is 0 Å². The zero-order valence-corrected chi connectivity index (χ0v) is 10.6. The van der Waals surface area contributed by atoms with Gasteiger partial charge in [0.05, 0.1) is 5.56 Å². The Kier molecular flexibility index (Phi) is 4.13. The molecule has 0 aromatic heterocycles. The summed E-state index contributed by atoms with van der Waals surface area (Å²) in [6.07, 6.45) is -4.56. The molecule has 110 valence electrons. The summed E-state index contributed by atoms with van der Waals surface area (Å²) in [6.45, 7) is 0. The van der Waals surface area contributed by atoms with Crippen LogP contribution in [0.5, 0.6) is 0 Å². The number of alkyl halides is 3. The van der Waals surface area contributed by atoms with Gasteiger partial charge >= 0.3 is 6.18 Å². The predicted octanol–water partition coefficient (Wildman–Crippen LogP) is 3.49. The molecule has 2 rings (SSSR count). The lowest BCUT2D eigenvalue weighted by Crippen LogP contribution is -2.21. The maximum Gasteiger partial charge on any atom is 0.416 e. The van der Waals surface area contributed by atoms with Gasteiger partial charge < -0.3 is 5.21 Å². The van der Waals surface area contributed by atoms with Crippen molar-refractivity contribution in [1.82, 2.24) is 5.48 Å². The highest BCUT2D eigenvalue weighted by Crippen LogP contribution is 2.33. The normalized spacial score (nSPS) is 12.3. The number of nitrogens with one attached hydrogen (secondary N) is 1. The van der Waals surface area contributed by atoms with Crippen molar-refractivity contribution in [2.45, 2.75) is 6.18 Å². The average molecular weight is 296 g/mol. The van der Waals surface area contributed by atoms with Crippen molar-refractivity contribution in [2.75, 3.05) is 0 Å². The summed E-state index contributed by atoms with van der Waals surface area (Å²) in [5, 5.41) is 20.3. The van der Waals surface area contributed by atoms with Crippen molar-refractivity contribution in [3.8, 4) is 11.1 Å². The molecular weight excluding hydrogens is 285 g/mol. The molecule has 0 saturated carbocycles. The Labute approximate surface area is 118 Å². The Morgan fingerprint density at radius 3 is 2.19 bits per heavy atom. The number of nitrogens with zero attached hydrogens (tertiary/aromatic N) is 1. The molecule has 0 atom stereocenters. The topological polar surface area (TPSA) is 64.9 Å². The molecule has 0 fully saturated rings. The van der Waals surface area contributed by atoms with E-state index in [0.717, 1.165) is 12.1 Å². The second kappa shape index (κ2) is 5.84. The third kappa shape index (κ3) is 3.32. The van der Waals surface area contributed by atoms with E-state index in [1.807, 2.05) is 0 Å². The number of oxime groups is 1. The molecule has 3 N–H and O–H groups in total. The first-order chi connectivity index (χ1) is 9.95. The minimum atomic E-state index is -4.56. The fourth-order valence-corrected chi connectivity index (χ4v) is 1.87. The van der Waals surface area contributed by atoms with E-state index in [1.54, 1.807) is 35.8 Å². The maximum atomic E-state index is 12.9. The molecule has 0 amide bonds. The van der Waals surface area contributed by atoms with Gasteiger partial charge in [-0.05, 0) is 29.3 Å². The largest absolute Gasteiger partial charge is 0.416 e. The van der Waals surface area contributed by atoms with E-state index in [2.05, 4.69) is 5.16 Å². The predicted molar refractivity (Wildman–Crippen MR) is 70.1 cm³/mol. The smallest absolute Gasteiger partial charge is 0.409 e. The van der Waals surface area contributed by atoms with Crippen LogP contribution < -0.4 is 5.48 Å². The van der Waals surface area contributed by atoms with Gasteiger partial charge in [0.25, 0.3) is 0 Å². The number of hydrogen-bond donors (Lipinski definition) is 3. The average Bonchev–Trinajstić information content (AvgIpc) is 2.48. The lowest BCUT2D eigenvalue weighted by atomic mass is 9.99. The summed E-state index contributed by atoms with van der Waals surface area (Å²) in [6, 6.07) is 11.6. The monoisotopic (exact) mass is 296 g/mol. The van der Waals surface area contributed by atoms with Gasteiger partial charge in [-0.3, -0.25) is 5.21 Å². The SMILES string of the molecule is ON=C(NO)c1cc(-c2ccccc2)cc(C(F)(F)F)c1. The van der Waals surface area contributed by atoms with Crippen LogP contribution in [-0.2, 0) is 6.18 Å². The van der Waals surface area contributed by atoms with E-state index >= 15 is 0 Å². The molecule has 2 aromatic rings. The molecule has 0 spiro atoms. The molecule has 0 saturated heterocycles. The van der Waals surface area contributed by atoms with Crippen LogP contribution in [0.2, 0.25) is 0 Å². The molecule has 0 unspecified atom stereocenters. The highest BCUT2D eigenvalue weighted by Gasteiger charge is 2.31. The molecule has 0 aliphatic heterocycles. The zero-order valence-electron chi connectivity index (χ0n) is 10.6. The van der Waals surface area contributed by atoms with Crippen LogP contribution in [0.1, 0.15) is 11.1 Å². The van der Waals surface area contributed by atoms with Crippen molar-refractivity contribution >= 4 is 5.84 Å². The first-order valence-corrected chi connectivity index (χ1v) is 5.86. The fourth-order valence-electron chi connectivity index (χ4n) is 1.87. The van der Waals surface area contributed by atoms with Crippen LogP contribution in [0.15, 0.2) is 53.7 Å². The van der Waals surface area contributed by atoms with E-state index in [-0.39, 0.29) is 11.1 Å². The Morgan fingerprint density at radius 1 is 1.00 bits per heavy atom. The number of rotatable bonds is 2. The molecule has 2 aromatic carbocycles. The minimum Gasteiger partial charge on any atom is -0.409 e. The van der Waals surface area contributed by atoms with Gasteiger partial charge in [-0.1, -0.05) is 35.5 Å². The summed E-state index contributed by atoms with van der Waals surface area (Å²) in [5.41, 5.74) is 1.42. The van der Waals surface area contributed by atoms with Crippen LogP contribution in [0.3, 0.4) is 0 Å². The summed E-state index contributed by atoms with van der Waals surface area (Å²) in [4.78, 5) is 0. The van der Waals surface area contributed by atoms with Gasteiger partial charge in [0.2, 0.25) is 0 Å². The molecule has 0 aliphatic rings. The summed E-state index contributed by atoms with van der Waals surface area (Å²) >= 11 is 0. The van der Waals surface area contributed by atoms with Gasteiger partial charge in [0.15, 0.2) is 5.84 Å². The Morgan fingerprint density at radius 2 is 1.67 bits per heavy atom. The van der Waals surface area contributed by atoms with Crippen LogP contribution >= 0.6 is 0 Å². The van der Waals surface area contributed by atoms with Crippen molar-refractivity contribution < 1.29 is 23.6 Å². The second-order valence-electron chi connectivity index (χ2n) is 4.22. The fraction of sp³-hybridized carbons (Fsp3) is 0.0714. The minimum absolute atomic E-state index is 0.0892. The first-order valence-electron chi connectivity index (χ1n) is 5.86. The number of benzene rings is 2. The van der Waals surface area contributed by atoms with Crippen LogP contribution in [-0.4, -0.2) is 16.3 Å². The number of hydroxylamine groups is 1. The highest BCUT2D eigenvalue weighted by molar-refractivity contribution is 5.98. The van der Waals surface area contributed by atoms with Crippen molar-refractivity contribution in [3.63, 3.8) is 0 Å². The summed E-state index contributed by atoms with van der Waals surface area (Å²) in [7, 11) is 0. The van der Waals surface area contributed by atoms with Gasteiger partial charge in [0, 0.05) is 5.56 Å². The maximum absolute atomic E-state index is 12.9. The highest BCUT2D eigenvalue weighted by atomic mass is 19.4. The van der Waals surface area contributed by atoms with Crippen LogP contribution in [0, 0.1) is 0 Å². The number of halogens is 3. The van der Waals surface area contributed by atoms with Gasteiger partial charge in [-0.25, -0.2) is 5.48 Å². The van der Waals surface area contributed by atoms with Gasteiger partial charge in [-0.2, -0.15) is 13.2 Å². The van der Waals surface area contributed by atoms with Crippen molar-refractivity contribution in [1.29, 1.82) is 0 Å². The molecular formula is C14H11F3N2O2. The van der Waals surface area contributed by atoms with E-state index in [1.165, 1.54) is 6.07 Å². The molecule has 7 heteroatoms. The molecule has 21 heavy (non-hydrogen) atoms. The summed E-state index contributed by atoms with van der Waals surface area (Å²) < 4.78 is 38.8. The molecule has 4 nitrogen and oxygen atoms in total. The number of amidine groups is 1. The standard InChI is InChI=1S/C14H11F3N2O2/c15-14(16,17)12-7-10(9-4-2-1-3-5-9)6-11(8-12)13(18-20)19-21/h1-8,20-21H,(H,18,19). The van der Waals surface area contributed by atoms with E-state index in [9.17, 15) is 13.2 Å². The van der Waals surface area contributed by atoms with Crippen LogP contribution in [0.25, 0.3) is 11.1 Å². The molecule has 0 bridgehead atoms. The number of hydrogen-bond acceptors (Lipinski definition) is 3. The van der Waals surface area contributed by atoms with E-state index in [0.29, 0.717) is 5.56 Å². The third-order valence-electron chi connectivity index (χ3n) is 2.85. The quantitative estimate of drug-likeness (QED) is 0.344. The van der Waals surface area contributed by atoms with Crippen molar-refractivity contribution in [2.24, 2.45) is 5.16 Å². The zero-order chi connectivity index (χ0) is 15.5. The Hall–Kier alpha value is -2.54. The third-order valence-corrected chi connectivity index (χ3v) is 2.85. The summed E-state index contributed by atoms with van der Waals surface area (Å²) in [5.74, 6) is -0.474. The molecule has 0 aliphatic carbocycles. The molecule has 0 heterocycles.